The van der Waals surface area contributed by atoms with E-state index < -0.39 is 5.97 Å². The number of fused-ring (bicyclic) bond motifs is 2. The maximum Gasteiger partial charge on any atom is 0.305 e. The Kier molecular flexibility index (Phi) is 5.94. The van der Waals surface area contributed by atoms with Gasteiger partial charge in [0.1, 0.15) is 18.5 Å². The first-order chi connectivity index (χ1) is 14.4. The normalized spacial score (nSPS) is 26.8. The first kappa shape index (κ1) is 20.7. The summed E-state index contributed by atoms with van der Waals surface area (Å²) in [7, 11) is 1.74. The standard InChI is InChI=1S/C22H28N2O6/c1-24-17-8-7-15(11-20(25)26)30-19(17)12-29-18-9-6-14(10-16(18)22(24)28)23-21(27)13-4-2-3-5-13/h6,9-10,13,15,17,19H,2-5,7-8,11-12H2,1H3,(H,23,27)(H,25,26)/t15-,17-,19-/m0/s1. The molecule has 0 spiro atoms. The zero-order valence-electron chi connectivity index (χ0n) is 17.1. The summed E-state index contributed by atoms with van der Waals surface area (Å²) in [5.41, 5.74) is 1.00. The van der Waals surface area contributed by atoms with Crippen molar-refractivity contribution >= 4 is 23.5 Å². The highest BCUT2D eigenvalue weighted by molar-refractivity contribution is 6.00. The van der Waals surface area contributed by atoms with Gasteiger partial charge in [-0.2, -0.15) is 0 Å². The third-order valence-corrected chi connectivity index (χ3v) is 6.41. The van der Waals surface area contributed by atoms with E-state index in [2.05, 4.69) is 5.32 Å². The second-order valence-corrected chi connectivity index (χ2v) is 8.45. The molecule has 30 heavy (non-hydrogen) atoms. The summed E-state index contributed by atoms with van der Waals surface area (Å²) >= 11 is 0. The van der Waals surface area contributed by atoms with E-state index in [-0.39, 0.29) is 49.0 Å². The number of carboxylic acid groups (broad SMARTS) is 1. The number of carbonyl (C=O) groups is 3. The smallest absolute Gasteiger partial charge is 0.305 e. The van der Waals surface area contributed by atoms with E-state index in [1.54, 1.807) is 30.1 Å². The predicted octanol–water partition coefficient (Wildman–Crippen LogP) is 2.67. The Morgan fingerprint density at radius 3 is 2.70 bits per heavy atom. The Labute approximate surface area is 175 Å². The summed E-state index contributed by atoms with van der Waals surface area (Å²) in [5, 5.41) is 12.0. The summed E-state index contributed by atoms with van der Waals surface area (Å²) in [6.07, 6.45) is 4.41. The number of carbonyl (C=O) groups excluding carboxylic acids is 2. The Balaban J connectivity index is 1.51. The molecule has 1 saturated carbocycles. The van der Waals surface area contributed by atoms with Crippen LogP contribution in [0.4, 0.5) is 5.69 Å². The minimum absolute atomic E-state index is 0.00485. The quantitative estimate of drug-likeness (QED) is 0.782. The number of carboxylic acids is 1. The summed E-state index contributed by atoms with van der Waals surface area (Å²) in [6.45, 7) is 0.235. The van der Waals surface area contributed by atoms with Crippen molar-refractivity contribution in [3.05, 3.63) is 23.8 Å². The summed E-state index contributed by atoms with van der Waals surface area (Å²) in [5.74, 6) is -0.608. The Morgan fingerprint density at radius 1 is 1.20 bits per heavy atom. The fourth-order valence-corrected chi connectivity index (χ4v) is 4.73. The number of rotatable bonds is 4. The van der Waals surface area contributed by atoms with Crippen LogP contribution in [0.15, 0.2) is 18.2 Å². The topological polar surface area (TPSA) is 105 Å². The van der Waals surface area contributed by atoms with Gasteiger partial charge in [0.15, 0.2) is 0 Å². The monoisotopic (exact) mass is 416 g/mol. The van der Waals surface area contributed by atoms with Gasteiger partial charge in [0.25, 0.3) is 5.91 Å². The van der Waals surface area contributed by atoms with Crippen LogP contribution in [0.2, 0.25) is 0 Å². The van der Waals surface area contributed by atoms with Crippen LogP contribution in [-0.2, 0) is 14.3 Å². The molecule has 0 radical (unpaired) electrons. The number of amides is 2. The number of ether oxygens (including phenoxy) is 2. The van der Waals surface area contributed by atoms with Crippen LogP contribution >= 0.6 is 0 Å². The highest BCUT2D eigenvalue weighted by Gasteiger charge is 2.39. The van der Waals surface area contributed by atoms with Crippen molar-refractivity contribution in [1.29, 1.82) is 0 Å². The first-order valence-corrected chi connectivity index (χ1v) is 10.6. The lowest BCUT2D eigenvalue weighted by molar-refractivity contribution is -0.148. The van der Waals surface area contributed by atoms with Crippen molar-refractivity contribution in [2.24, 2.45) is 5.92 Å². The molecule has 2 fully saturated rings. The van der Waals surface area contributed by atoms with Crippen LogP contribution in [-0.4, -0.2) is 59.7 Å². The van der Waals surface area contributed by atoms with E-state index in [1.165, 1.54) is 0 Å². The van der Waals surface area contributed by atoms with Gasteiger partial charge in [0.05, 0.1) is 24.1 Å². The minimum Gasteiger partial charge on any atom is -0.490 e. The maximum absolute atomic E-state index is 13.2. The number of benzene rings is 1. The molecule has 8 heteroatoms. The van der Waals surface area contributed by atoms with Crippen molar-refractivity contribution < 1.29 is 29.0 Å². The predicted molar refractivity (Wildman–Crippen MR) is 109 cm³/mol. The number of likely N-dealkylation sites (N-methyl/N-ethyl adjacent to an activating group) is 1. The van der Waals surface area contributed by atoms with Crippen LogP contribution in [0, 0.1) is 5.92 Å². The molecular weight excluding hydrogens is 388 g/mol. The summed E-state index contributed by atoms with van der Waals surface area (Å²) in [6, 6.07) is 4.93. The molecule has 1 aromatic rings. The molecule has 2 amide bonds. The van der Waals surface area contributed by atoms with Crippen LogP contribution in [0.25, 0.3) is 0 Å². The van der Waals surface area contributed by atoms with Gasteiger partial charge in [-0.15, -0.1) is 0 Å². The summed E-state index contributed by atoms with van der Waals surface area (Å²) < 4.78 is 11.8. The fourth-order valence-electron chi connectivity index (χ4n) is 4.73. The van der Waals surface area contributed by atoms with Crippen molar-refractivity contribution in [3.63, 3.8) is 0 Å². The lowest BCUT2D eigenvalue weighted by Crippen LogP contribution is -2.53. The number of anilines is 1. The van der Waals surface area contributed by atoms with Crippen molar-refractivity contribution in [2.45, 2.75) is 63.2 Å². The SMILES string of the molecule is CN1C(=O)c2cc(NC(=O)C3CCCC3)ccc2OC[C@@H]2O[C@H](CC(=O)O)CC[C@@H]21. The van der Waals surface area contributed by atoms with Crippen molar-refractivity contribution in [1.82, 2.24) is 4.90 Å². The molecule has 1 aromatic carbocycles. The molecule has 0 bridgehead atoms. The molecule has 1 saturated heterocycles. The molecule has 162 valence electrons. The van der Waals surface area contributed by atoms with Gasteiger partial charge in [-0.1, -0.05) is 12.8 Å². The van der Waals surface area contributed by atoms with Gasteiger partial charge < -0.3 is 24.8 Å². The maximum atomic E-state index is 13.2. The molecule has 0 aromatic heterocycles. The van der Waals surface area contributed by atoms with Gasteiger partial charge >= 0.3 is 5.97 Å². The van der Waals surface area contributed by atoms with E-state index >= 15 is 0 Å². The van der Waals surface area contributed by atoms with Crippen LogP contribution < -0.4 is 10.1 Å². The highest BCUT2D eigenvalue weighted by atomic mass is 16.5. The zero-order chi connectivity index (χ0) is 21.3. The number of hydrogen-bond donors (Lipinski definition) is 2. The second-order valence-electron chi connectivity index (χ2n) is 8.45. The van der Waals surface area contributed by atoms with Crippen molar-refractivity contribution in [2.75, 3.05) is 19.0 Å². The third-order valence-electron chi connectivity index (χ3n) is 6.41. The fraction of sp³-hybridized carbons (Fsp3) is 0.591. The molecule has 8 nitrogen and oxygen atoms in total. The van der Waals surface area contributed by atoms with E-state index in [0.717, 1.165) is 25.7 Å². The zero-order valence-corrected chi connectivity index (χ0v) is 17.1. The van der Waals surface area contributed by atoms with Gasteiger partial charge in [0.2, 0.25) is 5.91 Å². The molecule has 4 rings (SSSR count). The molecule has 3 atom stereocenters. The second kappa shape index (κ2) is 8.63. The van der Waals surface area contributed by atoms with Gasteiger partial charge in [-0.3, -0.25) is 14.4 Å². The van der Waals surface area contributed by atoms with Gasteiger partial charge in [-0.05, 0) is 43.9 Å². The lowest BCUT2D eigenvalue weighted by Gasteiger charge is -2.42. The van der Waals surface area contributed by atoms with Crippen LogP contribution in [0.5, 0.6) is 5.75 Å². The number of nitrogens with zero attached hydrogens (tertiary/aromatic N) is 1. The molecule has 0 unspecified atom stereocenters. The first-order valence-electron chi connectivity index (χ1n) is 10.6. The Morgan fingerprint density at radius 2 is 1.97 bits per heavy atom. The average molecular weight is 416 g/mol. The van der Waals surface area contributed by atoms with E-state index in [9.17, 15) is 14.4 Å². The van der Waals surface area contributed by atoms with Crippen LogP contribution in [0.3, 0.4) is 0 Å². The van der Waals surface area contributed by atoms with Gasteiger partial charge in [-0.25, -0.2) is 0 Å². The van der Waals surface area contributed by atoms with E-state index in [1.807, 2.05) is 0 Å². The highest BCUT2D eigenvalue weighted by Crippen LogP contribution is 2.33. The minimum atomic E-state index is -0.896. The molecular formula is C22H28N2O6. The molecule has 2 heterocycles. The largest absolute Gasteiger partial charge is 0.490 e. The summed E-state index contributed by atoms with van der Waals surface area (Å²) in [4.78, 5) is 38.3. The number of hydrogen-bond acceptors (Lipinski definition) is 5. The van der Waals surface area contributed by atoms with Gasteiger partial charge in [0, 0.05) is 18.7 Å². The lowest BCUT2D eigenvalue weighted by atomic mass is 9.94. The third kappa shape index (κ3) is 4.28. The Bertz CT molecular complexity index is 835. The van der Waals surface area contributed by atoms with E-state index in [4.69, 9.17) is 14.6 Å². The van der Waals surface area contributed by atoms with E-state index in [0.29, 0.717) is 29.8 Å². The molecule has 2 aliphatic heterocycles. The average Bonchev–Trinajstić information content (AvgIpc) is 3.26. The number of nitrogens with one attached hydrogen (secondary N) is 1. The molecule has 1 aliphatic carbocycles. The molecule has 2 N–H and O–H groups in total. The van der Waals surface area contributed by atoms with Crippen molar-refractivity contribution in [3.8, 4) is 5.75 Å². The number of aliphatic carboxylic acids is 1. The Hall–Kier alpha value is -2.61. The van der Waals surface area contributed by atoms with Crippen LogP contribution in [0.1, 0.15) is 55.3 Å². The molecule has 3 aliphatic rings.